The van der Waals surface area contributed by atoms with Gasteiger partial charge >= 0.3 is 0 Å². The molecule has 0 spiro atoms. The van der Waals surface area contributed by atoms with Crippen molar-refractivity contribution in [3.8, 4) is 16.9 Å². The predicted octanol–water partition coefficient (Wildman–Crippen LogP) is 6.66. The number of aryl methyl sites for hydroxylation is 2. The van der Waals surface area contributed by atoms with E-state index in [9.17, 15) is 0 Å². The van der Waals surface area contributed by atoms with Gasteiger partial charge in [-0.1, -0.05) is 38.3 Å². The van der Waals surface area contributed by atoms with Gasteiger partial charge in [-0.25, -0.2) is 4.98 Å². The predicted molar refractivity (Wildman–Crippen MR) is 131 cm³/mol. The Morgan fingerprint density at radius 3 is 2.58 bits per heavy atom. The van der Waals surface area contributed by atoms with Crippen molar-refractivity contribution in [2.75, 3.05) is 12.4 Å². The molecule has 2 heterocycles. The van der Waals surface area contributed by atoms with E-state index in [2.05, 4.69) is 19.2 Å². The molecule has 4 rings (SSSR count). The third-order valence-electron chi connectivity index (χ3n) is 6.02. The number of hydrogen-bond acceptors (Lipinski definition) is 4. The fourth-order valence-electron chi connectivity index (χ4n) is 4.60. The summed E-state index contributed by atoms with van der Waals surface area (Å²) in [7, 11) is 1.65. The van der Waals surface area contributed by atoms with E-state index in [1.165, 1.54) is 24.1 Å². The molecule has 1 aliphatic carbocycles. The number of aromatic nitrogens is 3. The lowest BCUT2D eigenvalue weighted by atomic mass is 10.1. The van der Waals surface area contributed by atoms with Crippen molar-refractivity contribution in [3.05, 3.63) is 40.2 Å². The van der Waals surface area contributed by atoms with Crippen molar-refractivity contribution in [2.24, 2.45) is 0 Å². The summed E-state index contributed by atoms with van der Waals surface area (Å²) >= 11 is 6.64. The van der Waals surface area contributed by atoms with Gasteiger partial charge in [-0.3, -0.25) is 0 Å². The number of halogens is 2. The number of ether oxygens (including phenoxy) is 1. The molecular formula is C24H32Cl2N4O. The first-order valence-electron chi connectivity index (χ1n) is 11.1. The van der Waals surface area contributed by atoms with Crippen LogP contribution in [0.4, 0.5) is 5.82 Å². The van der Waals surface area contributed by atoms with Gasteiger partial charge in [0.05, 0.1) is 23.4 Å². The smallest absolute Gasteiger partial charge is 0.165 e. The third-order valence-corrected chi connectivity index (χ3v) is 6.34. The standard InChI is InChI=1S/C24H31ClN4O.ClH/c1-5-8-16(9-6-2)26-23-19-10-7-11-21(19)27-24-22(15(3)28-29(23)24)18-13-12-17(30-4)14-20(18)25;/h12-14,16,26H,5-11H2,1-4H3;1H. The van der Waals surface area contributed by atoms with Gasteiger partial charge < -0.3 is 10.1 Å². The minimum atomic E-state index is 0. The van der Waals surface area contributed by atoms with E-state index in [0.717, 1.165) is 66.1 Å². The van der Waals surface area contributed by atoms with E-state index < -0.39 is 0 Å². The van der Waals surface area contributed by atoms with Gasteiger partial charge in [-0.2, -0.15) is 9.61 Å². The highest BCUT2D eigenvalue weighted by molar-refractivity contribution is 6.33. The van der Waals surface area contributed by atoms with Crippen molar-refractivity contribution in [2.45, 2.75) is 71.8 Å². The minimum Gasteiger partial charge on any atom is -0.497 e. The zero-order chi connectivity index (χ0) is 21.3. The maximum Gasteiger partial charge on any atom is 0.165 e. The number of nitrogens with one attached hydrogen (secondary N) is 1. The highest BCUT2D eigenvalue weighted by Gasteiger charge is 2.26. The van der Waals surface area contributed by atoms with Gasteiger partial charge in [-0.05, 0) is 57.2 Å². The molecule has 0 radical (unpaired) electrons. The largest absolute Gasteiger partial charge is 0.497 e. The summed E-state index contributed by atoms with van der Waals surface area (Å²) in [4.78, 5) is 5.07. The summed E-state index contributed by atoms with van der Waals surface area (Å²) in [6, 6.07) is 6.25. The van der Waals surface area contributed by atoms with E-state index in [0.29, 0.717) is 11.1 Å². The maximum atomic E-state index is 6.64. The van der Waals surface area contributed by atoms with Crippen LogP contribution >= 0.6 is 24.0 Å². The van der Waals surface area contributed by atoms with Gasteiger partial charge in [0, 0.05) is 22.9 Å². The average Bonchev–Trinajstić information content (AvgIpc) is 3.32. The van der Waals surface area contributed by atoms with Crippen LogP contribution in [-0.2, 0) is 12.8 Å². The summed E-state index contributed by atoms with van der Waals surface area (Å²) < 4.78 is 7.34. The Morgan fingerprint density at radius 1 is 1.19 bits per heavy atom. The highest BCUT2D eigenvalue weighted by Crippen LogP contribution is 2.38. The van der Waals surface area contributed by atoms with Crippen LogP contribution in [0.3, 0.4) is 0 Å². The van der Waals surface area contributed by atoms with Crippen molar-refractivity contribution in [1.82, 2.24) is 14.6 Å². The van der Waals surface area contributed by atoms with Gasteiger partial charge in [0.1, 0.15) is 11.6 Å². The van der Waals surface area contributed by atoms with Crippen LogP contribution in [0.25, 0.3) is 16.8 Å². The van der Waals surface area contributed by atoms with Crippen molar-refractivity contribution >= 4 is 35.5 Å². The molecule has 0 fully saturated rings. The van der Waals surface area contributed by atoms with E-state index in [1.807, 2.05) is 29.6 Å². The Bertz CT molecular complexity index is 1060. The highest BCUT2D eigenvalue weighted by atomic mass is 35.5. The Hall–Kier alpha value is -1.98. The van der Waals surface area contributed by atoms with E-state index in [4.69, 9.17) is 26.4 Å². The maximum absolute atomic E-state index is 6.64. The fourth-order valence-corrected chi connectivity index (χ4v) is 4.87. The number of hydrogen-bond donors (Lipinski definition) is 1. The molecular weight excluding hydrogens is 431 g/mol. The number of anilines is 1. The van der Waals surface area contributed by atoms with Crippen LogP contribution < -0.4 is 10.1 Å². The first kappa shape index (κ1) is 23.7. The van der Waals surface area contributed by atoms with E-state index >= 15 is 0 Å². The summed E-state index contributed by atoms with van der Waals surface area (Å²) in [5, 5.41) is 9.43. The number of nitrogens with zero attached hydrogens (tertiary/aromatic N) is 3. The van der Waals surface area contributed by atoms with Gasteiger partial charge in [-0.15, -0.1) is 12.4 Å². The molecule has 1 N–H and O–H groups in total. The average molecular weight is 463 g/mol. The lowest BCUT2D eigenvalue weighted by molar-refractivity contribution is 0.415. The van der Waals surface area contributed by atoms with E-state index in [1.54, 1.807) is 7.11 Å². The third kappa shape index (κ3) is 4.49. The zero-order valence-corrected chi connectivity index (χ0v) is 20.4. The monoisotopic (exact) mass is 462 g/mol. The SMILES string of the molecule is CCCC(CCC)Nc1c2c(nc3c(-c4ccc(OC)cc4Cl)c(C)nn13)CCC2.Cl. The van der Waals surface area contributed by atoms with E-state index in [-0.39, 0.29) is 12.4 Å². The first-order valence-corrected chi connectivity index (χ1v) is 11.5. The van der Waals surface area contributed by atoms with Crippen LogP contribution in [0.1, 0.15) is 62.9 Å². The summed E-state index contributed by atoms with van der Waals surface area (Å²) in [6.07, 6.45) is 7.87. The summed E-state index contributed by atoms with van der Waals surface area (Å²) in [5.74, 6) is 1.87. The Labute approximate surface area is 196 Å². The molecule has 7 heteroatoms. The zero-order valence-electron chi connectivity index (χ0n) is 18.8. The second kappa shape index (κ2) is 10.1. The van der Waals surface area contributed by atoms with Crippen LogP contribution in [0, 0.1) is 6.92 Å². The molecule has 0 aliphatic heterocycles. The number of methoxy groups -OCH3 is 1. The summed E-state index contributed by atoms with van der Waals surface area (Å²) in [6.45, 7) is 6.53. The topological polar surface area (TPSA) is 51.5 Å². The molecule has 0 unspecified atom stereocenters. The Balaban J connectivity index is 0.00000272. The molecule has 0 atom stereocenters. The van der Waals surface area contributed by atoms with Crippen molar-refractivity contribution < 1.29 is 4.74 Å². The lowest BCUT2D eigenvalue weighted by Gasteiger charge is -2.21. The molecule has 0 saturated heterocycles. The van der Waals surface area contributed by atoms with Gasteiger partial charge in [0.2, 0.25) is 0 Å². The normalized spacial score (nSPS) is 12.8. The lowest BCUT2D eigenvalue weighted by Crippen LogP contribution is -2.22. The molecule has 1 aromatic carbocycles. The quantitative estimate of drug-likeness (QED) is 0.406. The second-order valence-corrected chi connectivity index (χ2v) is 8.61. The van der Waals surface area contributed by atoms with Gasteiger partial charge in [0.15, 0.2) is 5.65 Å². The summed E-state index contributed by atoms with van der Waals surface area (Å²) in [5.41, 5.74) is 6.29. The van der Waals surface area contributed by atoms with Crippen LogP contribution in [-0.4, -0.2) is 27.7 Å². The molecule has 5 nitrogen and oxygen atoms in total. The number of rotatable bonds is 8. The fraction of sp³-hybridized carbons (Fsp3) is 0.500. The second-order valence-electron chi connectivity index (χ2n) is 8.20. The molecule has 0 bridgehead atoms. The van der Waals surface area contributed by atoms with Crippen molar-refractivity contribution in [3.63, 3.8) is 0 Å². The van der Waals surface area contributed by atoms with Crippen molar-refractivity contribution in [1.29, 1.82) is 0 Å². The Kier molecular flexibility index (Phi) is 7.71. The Morgan fingerprint density at radius 2 is 1.94 bits per heavy atom. The number of fused-ring (bicyclic) bond motifs is 2. The first-order chi connectivity index (χ1) is 14.6. The molecule has 2 aromatic heterocycles. The van der Waals surface area contributed by atoms with Gasteiger partial charge in [0.25, 0.3) is 0 Å². The molecule has 1 aliphatic rings. The van der Waals surface area contributed by atoms with Crippen LogP contribution in [0.5, 0.6) is 5.75 Å². The molecule has 168 valence electrons. The van der Waals surface area contributed by atoms with Crippen LogP contribution in [0.15, 0.2) is 18.2 Å². The number of benzene rings is 1. The molecule has 0 saturated carbocycles. The van der Waals surface area contributed by atoms with Crippen LogP contribution in [0.2, 0.25) is 5.02 Å². The molecule has 3 aromatic rings. The molecule has 31 heavy (non-hydrogen) atoms. The molecule has 0 amide bonds. The minimum absolute atomic E-state index is 0.